The smallest absolute Gasteiger partial charge is 0.337 e. The second-order valence-electron chi connectivity index (χ2n) is 8.24. The number of carbonyl (C=O) groups is 1. The van der Waals surface area contributed by atoms with E-state index in [9.17, 15) is 9.59 Å². The van der Waals surface area contributed by atoms with E-state index in [1.54, 1.807) is 23.5 Å². The number of aryl methyl sites for hydroxylation is 1. The lowest BCUT2D eigenvalue weighted by Gasteiger charge is -2.30. The Morgan fingerprint density at radius 1 is 1.09 bits per heavy atom. The Bertz CT molecular complexity index is 1620. The fourth-order valence-electron chi connectivity index (χ4n) is 4.74. The first kappa shape index (κ1) is 21.0. The van der Waals surface area contributed by atoms with Crippen LogP contribution in [0.2, 0.25) is 0 Å². The van der Waals surface area contributed by atoms with E-state index in [1.807, 2.05) is 46.4 Å². The van der Waals surface area contributed by atoms with Crippen molar-refractivity contribution in [1.82, 2.24) is 4.57 Å². The molecule has 34 heavy (non-hydrogen) atoms. The molecule has 1 atom stereocenters. The molecule has 0 amide bonds. The fourth-order valence-corrected chi connectivity index (χ4v) is 6.47. The van der Waals surface area contributed by atoms with Crippen LogP contribution < -0.4 is 14.9 Å². The van der Waals surface area contributed by atoms with Gasteiger partial charge in [-0.25, -0.2) is 9.79 Å². The lowest BCUT2D eigenvalue weighted by atomic mass is 9.83. The quantitative estimate of drug-likeness (QED) is 0.410. The van der Waals surface area contributed by atoms with Crippen molar-refractivity contribution < 1.29 is 9.53 Å². The SMILES string of the molecule is COC(=O)c1ccc([C@@H]2C3=C(N=c4s/c(=C\c5cccs5)c(=O)n42)c2ccccc2CC3)cc1. The summed E-state index contributed by atoms with van der Waals surface area (Å²) in [4.78, 5) is 32.4. The molecule has 0 spiro atoms. The molecule has 0 saturated heterocycles. The zero-order valence-corrected chi connectivity index (χ0v) is 20.0. The molecular formula is C27H20N2O3S2. The average Bonchev–Trinajstić information content (AvgIpc) is 3.50. The molecule has 6 rings (SSSR count). The number of allylic oxidation sites excluding steroid dienone is 1. The molecule has 3 heterocycles. The molecule has 7 heteroatoms. The van der Waals surface area contributed by atoms with Gasteiger partial charge >= 0.3 is 5.97 Å². The molecule has 2 aromatic carbocycles. The van der Waals surface area contributed by atoms with Crippen molar-refractivity contribution in [3.63, 3.8) is 0 Å². The molecular weight excluding hydrogens is 464 g/mol. The number of rotatable bonds is 3. The normalized spacial score (nSPS) is 17.0. The maximum absolute atomic E-state index is 13.7. The molecule has 0 radical (unpaired) electrons. The highest BCUT2D eigenvalue weighted by Gasteiger charge is 2.32. The van der Waals surface area contributed by atoms with Crippen LogP contribution in [-0.4, -0.2) is 17.6 Å². The van der Waals surface area contributed by atoms with E-state index < -0.39 is 0 Å². The summed E-state index contributed by atoms with van der Waals surface area (Å²) in [6.07, 6.45) is 3.68. The van der Waals surface area contributed by atoms with Gasteiger partial charge in [0.2, 0.25) is 0 Å². The Balaban J connectivity index is 1.60. The highest BCUT2D eigenvalue weighted by Crippen LogP contribution is 2.41. The Hall–Kier alpha value is -3.55. The Kier molecular flexibility index (Phi) is 5.16. The van der Waals surface area contributed by atoms with Gasteiger partial charge < -0.3 is 4.74 Å². The monoisotopic (exact) mass is 484 g/mol. The predicted molar refractivity (Wildman–Crippen MR) is 135 cm³/mol. The Labute approximate surface area is 203 Å². The lowest BCUT2D eigenvalue weighted by molar-refractivity contribution is 0.0600. The summed E-state index contributed by atoms with van der Waals surface area (Å²) in [6.45, 7) is 0. The topological polar surface area (TPSA) is 60.7 Å². The van der Waals surface area contributed by atoms with Gasteiger partial charge in [-0.05, 0) is 59.2 Å². The van der Waals surface area contributed by atoms with Crippen LogP contribution in [0.25, 0.3) is 11.8 Å². The van der Waals surface area contributed by atoms with Gasteiger partial charge in [0.1, 0.15) is 0 Å². The molecule has 2 aromatic heterocycles. The van der Waals surface area contributed by atoms with Gasteiger partial charge in [0.25, 0.3) is 5.56 Å². The first-order chi connectivity index (χ1) is 16.6. The second-order valence-corrected chi connectivity index (χ2v) is 10.2. The van der Waals surface area contributed by atoms with Crippen molar-refractivity contribution in [3.8, 4) is 0 Å². The van der Waals surface area contributed by atoms with Crippen molar-refractivity contribution >= 4 is 40.4 Å². The number of carbonyl (C=O) groups excluding carboxylic acids is 1. The van der Waals surface area contributed by atoms with Gasteiger partial charge in [-0.2, -0.15) is 0 Å². The molecule has 0 fully saturated rings. The molecule has 168 valence electrons. The van der Waals surface area contributed by atoms with E-state index in [2.05, 4.69) is 18.2 Å². The standard InChI is InChI=1S/C27H20N2O3S2/c1-32-26(31)18-10-8-17(9-11-18)24-21-13-12-16-5-2-3-7-20(16)23(21)28-27-29(24)25(30)22(34-27)15-19-6-4-14-33-19/h2-11,14-15,24H,12-13H2,1H3/b22-15-/t24-/m1/s1. The summed E-state index contributed by atoms with van der Waals surface area (Å²) in [6, 6.07) is 19.5. The largest absolute Gasteiger partial charge is 0.465 e. The van der Waals surface area contributed by atoms with Crippen LogP contribution in [0.5, 0.6) is 0 Å². The van der Waals surface area contributed by atoms with E-state index in [0.29, 0.717) is 14.9 Å². The number of hydrogen-bond donors (Lipinski definition) is 0. The highest BCUT2D eigenvalue weighted by molar-refractivity contribution is 7.11. The number of methoxy groups -OCH3 is 1. The van der Waals surface area contributed by atoms with Gasteiger partial charge in [0, 0.05) is 10.4 Å². The summed E-state index contributed by atoms with van der Waals surface area (Å²) >= 11 is 3.03. The Morgan fingerprint density at radius 2 is 1.91 bits per heavy atom. The molecule has 1 aliphatic heterocycles. The maximum Gasteiger partial charge on any atom is 0.337 e. The molecule has 0 bridgehead atoms. The number of nitrogens with zero attached hydrogens (tertiary/aromatic N) is 2. The molecule has 5 nitrogen and oxygen atoms in total. The number of thiophene rings is 1. The first-order valence-electron chi connectivity index (χ1n) is 11.0. The number of thiazole rings is 1. The van der Waals surface area contributed by atoms with Crippen molar-refractivity contribution in [2.75, 3.05) is 7.11 Å². The van der Waals surface area contributed by atoms with Crippen LogP contribution in [0, 0.1) is 0 Å². The molecule has 2 aliphatic rings. The Morgan fingerprint density at radius 3 is 2.68 bits per heavy atom. The van der Waals surface area contributed by atoms with E-state index in [0.717, 1.165) is 40.1 Å². The number of hydrogen-bond acceptors (Lipinski definition) is 6. The molecule has 4 aromatic rings. The van der Waals surface area contributed by atoms with Crippen molar-refractivity contribution in [2.24, 2.45) is 4.99 Å². The molecule has 0 N–H and O–H groups in total. The minimum absolute atomic E-state index is 0.0374. The minimum atomic E-state index is -0.377. The van der Waals surface area contributed by atoms with Gasteiger partial charge in [0.15, 0.2) is 4.80 Å². The van der Waals surface area contributed by atoms with Crippen molar-refractivity contribution in [1.29, 1.82) is 0 Å². The third kappa shape index (κ3) is 3.40. The number of benzene rings is 2. The van der Waals surface area contributed by atoms with Crippen molar-refractivity contribution in [3.05, 3.63) is 118 Å². The number of fused-ring (bicyclic) bond motifs is 3. The number of ether oxygens (including phenoxy) is 1. The summed E-state index contributed by atoms with van der Waals surface area (Å²) in [7, 11) is 1.37. The number of aromatic nitrogens is 1. The minimum Gasteiger partial charge on any atom is -0.465 e. The van der Waals surface area contributed by atoms with E-state index in [4.69, 9.17) is 9.73 Å². The summed E-state index contributed by atoms with van der Waals surface area (Å²) in [5.74, 6) is -0.377. The highest BCUT2D eigenvalue weighted by atomic mass is 32.1. The number of esters is 1. The zero-order chi connectivity index (χ0) is 23.2. The van der Waals surface area contributed by atoms with Gasteiger partial charge in [-0.1, -0.05) is 53.8 Å². The van der Waals surface area contributed by atoms with E-state index in [1.165, 1.54) is 24.0 Å². The lowest BCUT2D eigenvalue weighted by Crippen LogP contribution is -2.38. The second kappa shape index (κ2) is 8.34. The molecule has 0 unspecified atom stereocenters. The van der Waals surface area contributed by atoms with Crippen LogP contribution in [-0.2, 0) is 11.2 Å². The van der Waals surface area contributed by atoms with Crippen molar-refractivity contribution in [2.45, 2.75) is 18.9 Å². The molecule has 0 saturated carbocycles. The summed E-state index contributed by atoms with van der Waals surface area (Å²) < 4.78 is 7.35. The fraction of sp³-hybridized carbons (Fsp3) is 0.148. The summed E-state index contributed by atoms with van der Waals surface area (Å²) in [5.41, 5.74) is 5.92. The zero-order valence-electron chi connectivity index (χ0n) is 18.4. The van der Waals surface area contributed by atoms with Gasteiger partial charge in [0.05, 0.1) is 28.9 Å². The van der Waals surface area contributed by atoms with Crippen LogP contribution in [0.3, 0.4) is 0 Å². The summed E-state index contributed by atoms with van der Waals surface area (Å²) in [5, 5.41) is 2.00. The van der Waals surface area contributed by atoms with Gasteiger partial charge in [-0.3, -0.25) is 9.36 Å². The van der Waals surface area contributed by atoms with Crippen LogP contribution >= 0.6 is 22.7 Å². The third-order valence-corrected chi connectivity index (χ3v) is 8.14. The molecule has 1 aliphatic carbocycles. The van der Waals surface area contributed by atoms with Crippen LogP contribution in [0.4, 0.5) is 0 Å². The first-order valence-corrected chi connectivity index (χ1v) is 12.7. The van der Waals surface area contributed by atoms with Crippen LogP contribution in [0.1, 0.15) is 44.4 Å². The third-order valence-electron chi connectivity index (χ3n) is 6.34. The maximum atomic E-state index is 13.7. The van der Waals surface area contributed by atoms with Crippen LogP contribution in [0.15, 0.2) is 81.4 Å². The van der Waals surface area contributed by atoms with E-state index in [-0.39, 0.29) is 17.6 Å². The average molecular weight is 485 g/mol. The van der Waals surface area contributed by atoms with Gasteiger partial charge in [-0.15, -0.1) is 11.3 Å². The predicted octanol–water partition coefficient (Wildman–Crippen LogP) is 4.17. The van der Waals surface area contributed by atoms with E-state index >= 15 is 0 Å².